The lowest BCUT2D eigenvalue weighted by molar-refractivity contribution is 0.0908. The minimum Gasteiger partial charge on any atom is -0.497 e. The van der Waals surface area contributed by atoms with Gasteiger partial charge in [-0.05, 0) is 78.0 Å². The van der Waals surface area contributed by atoms with E-state index < -0.39 is 0 Å². The number of ether oxygens (including phenoxy) is 1. The van der Waals surface area contributed by atoms with E-state index in [4.69, 9.17) is 4.74 Å². The van der Waals surface area contributed by atoms with E-state index in [9.17, 15) is 4.79 Å². The summed E-state index contributed by atoms with van der Waals surface area (Å²) in [6.45, 7) is 6.02. The van der Waals surface area contributed by atoms with Crippen molar-refractivity contribution in [1.82, 2.24) is 20.9 Å². The molecule has 1 atom stereocenters. The molecule has 6 nitrogen and oxygen atoms in total. The topological polar surface area (TPSA) is 65.6 Å². The molecule has 0 spiro atoms. The van der Waals surface area contributed by atoms with Crippen molar-refractivity contribution in [2.24, 2.45) is 0 Å². The summed E-state index contributed by atoms with van der Waals surface area (Å²) in [6.07, 6.45) is 3.14. The van der Waals surface area contributed by atoms with Gasteiger partial charge in [0.25, 0.3) is 5.91 Å². The maximum absolute atomic E-state index is 12.6. The van der Waals surface area contributed by atoms with Crippen LogP contribution in [0.15, 0.2) is 60.7 Å². The summed E-state index contributed by atoms with van der Waals surface area (Å²) in [5.74, 6) is 0.684. The van der Waals surface area contributed by atoms with E-state index in [0.717, 1.165) is 52.1 Å². The first-order valence-electron chi connectivity index (χ1n) is 12.8. The average Bonchev–Trinajstić information content (AvgIpc) is 3.42. The number of rotatable bonds is 8. The van der Waals surface area contributed by atoms with Crippen molar-refractivity contribution in [2.75, 3.05) is 33.3 Å². The predicted molar refractivity (Wildman–Crippen MR) is 141 cm³/mol. The molecule has 3 aromatic rings. The van der Waals surface area contributed by atoms with E-state index in [2.05, 4.69) is 57.2 Å². The summed E-state index contributed by atoms with van der Waals surface area (Å²) >= 11 is 0. The van der Waals surface area contributed by atoms with Gasteiger partial charge in [-0.25, -0.2) is 0 Å². The molecule has 0 saturated carbocycles. The van der Waals surface area contributed by atoms with Gasteiger partial charge in [0.05, 0.1) is 7.11 Å². The van der Waals surface area contributed by atoms with Crippen molar-refractivity contribution in [3.63, 3.8) is 0 Å². The predicted octanol–water partition coefficient (Wildman–Crippen LogP) is 3.69. The Morgan fingerprint density at radius 1 is 0.971 bits per heavy atom. The molecule has 2 saturated heterocycles. The Labute approximate surface area is 208 Å². The number of piperidine rings is 1. The first-order valence-corrected chi connectivity index (χ1v) is 12.8. The van der Waals surface area contributed by atoms with E-state index >= 15 is 0 Å². The Kier molecular flexibility index (Phi) is 7.62. The second-order valence-corrected chi connectivity index (χ2v) is 9.84. The first kappa shape index (κ1) is 23.8. The molecule has 6 heteroatoms. The fourth-order valence-electron chi connectivity index (χ4n) is 5.17. The second kappa shape index (κ2) is 11.2. The number of nitrogens with one attached hydrogen (secondary N) is 3. The molecule has 0 radical (unpaired) electrons. The standard InChI is InChI=1S/C29H36N4O2/c1-35-28-4-2-3-24(17-28)29(34)32-26-10-13-33(14-11-26)20-22-6-8-23-7-5-21(15-25(23)16-22)18-31-27-9-12-30-19-27/h2-8,15-17,26-27,30-31H,9-14,18-20H2,1H3,(H,32,34). The summed E-state index contributed by atoms with van der Waals surface area (Å²) in [4.78, 5) is 15.1. The zero-order valence-electron chi connectivity index (χ0n) is 20.6. The van der Waals surface area contributed by atoms with Crippen LogP contribution in [0.4, 0.5) is 0 Å². The third-order valence-electron chi connectivity index (χ3n) is 7.29. The van der Waals surface area contributed by atoms with Crippen molar-refractivity contribution in [3.05, 3.63) is 77.4 Å². The van der Waals surface area contributed by atoms with Gasteiger partial charge in [0.1, 0.15) is 5.75 Å². The fourth-order valence-corrected chi connectivity index (χ4v) is 5.17. The van der Waals surface area contributed by atoms with Gasteiger partial charge in [-0.1, -0.05) is 30.3 Å². The monoisotopic (exact) mass is 472 g/mol. The summed E-state index contributed by atoms with van der Waals surface area (Å²) in [6, 6.07) is 21.8. The van der Waals surface area contributed by atoms with Crippen LogP contribution in [0.2, 0.25) is 0 Å². The number of carbonyl (C=O) groups is 1. The lowest BCUT2D eigenvalue weighted by atomic mass is 10.0. The van der Waals surface area contributed by atoms with E-state index in [1.807, 2.05) is 18.2 Å². The maximum Gasteiger partial charge on any atom is 0.251 e. The molecule has 5 rings (SSSR count). The van der Waals surface area contributed by atoms with Crippen LogP contribution < -0.4 is 20.7 Å². The van der Waals surface area contributed by atoms with E-state index in [0.29, 0.717) is 17.4 Å². The van der Waals surface area contributed by atoms with E-state index in [1.54, 1.807) is 13.2 Å². The van der Waals surface area contributed by atoms with Crippen LogP contribution in [0.5, 0.6) is 5.75 Å². The molecule has 2 aliphatic heterocycles. The van der Waals surface area contributed by atoms with E-state index in [1.165, 1.54) is 28.3 Å². The second-order valence-electron chi connectivity index (χ2n) is 9.84. The number of amides is 1. The first-order chi connectivity index (χ1) is 17.2. The fraction of sp³-hybridized carbons (Fsp3) is 0.414. The highest BCUT2D eigenvalue weighted by Gasteiger charge is 2.21. The number of methoxy groups -OCH3 is 1. The zero-order valence-corrected chi connectivity index (χ0v) is 20.6. The van der Waals surface area contributed by atoms with Gasteiger partial charge in [-0.15, -0.1) is 0 Å². The minimum atomic E-state index is -0.0219. The third-order valence-corrected chi connectivity index (χ3v) is 7.29. The molecule has 0 aliphatic carbocycles. The van der Waals surface area contributed by atoms with Crippen molar-refractivity contribution >= 4 is 16.7 Å². The van der Waals surface area contributed by atoms with Crippen LogP contribution in [-0.4, -0.2) is 56.2 Å². The Hall–Kier alpha value is -2.93. The molecule has 3 aromatic carbocycles. The van der Waals surface area contributed by atoms with Gasteiger partial charge in [-0.2, -0.15) is 0 Å². The van der Waals surface area contributed by atoms with Gasteiger partial charge in [0, 0.05) is 50.4 Å². The summed E-state index contributed by atoms with van der Waals surface area (Å²) in [5.41, 5.74) is 3.34. The lowest BCUT2D eigenvalue weighted by Crippen LogP contribution is -2.44. The van der Waals surface area contributed by atoms with Crippen molar-refractivity contribution in [2.45, 2.75) is 44.4 Å². The van der Waals surface area contributed by atoms with Crippen molar-refractivity contribution in [3.8, 4) is 5.75 Å². The molecule has 1 unspecified atom stereocenters. The molecule has 1 amide bonds. The number of benzene rings is 3. The largest absolute Gasteiger partial charge is 0.497 e. The van der Waals surface area contributed by atoms with Crippen LogP contribution in [-0.2, 0) is 13.1 Å². The van der Waals surface area contributed by atoms with Gasteiger partial charge in [-0.3, -0.25) is 9.69 Å². The highest BCUT2D eigenvalue weighted by Crippen LogP contribution is 2.21. The van der Waals surface area contributed by atoms with Crippen molar-refractivity contribution < 1.29 is 9.53 Å². The highest BCUT2D eigenvalue weighted by molar-refractivity contribution is 5.94. The van der Waals surface area contributed by atoms with Crippen LogP contribution in [0.25, 0.3) is 10.8 Å². The zero-order chi connectivity index (χ0) is 24.0. The average molecular weight is 473 g/mol. The Morgan fingerprint density at radius 2 is 1.77 bits per heavy atom. The maximum atomic E-state index is 12.6. The molecule has 2 fully saturated rings. The van der Waals surface area contributed by atoms with Crippen LogP contribution in [0.3, 0.4) is 0 Å². The molecule has 184 valence electrons. The third kappa shape index (κ3) is 6.20. The number of nitrogens with zero attached hydrogens (tertiary/aromatic N) is 1. The number of hydrogen-bond acceptors (Lipinski definition) is 5. The minimum absolute atomic E-state index is 0.0219. The summed E-state index contributed by atoms with van der Waals surface area (Å²) in [5, 5.41) is 12.9. The summed E-state index contributed by atoms with van der Waals surface area (Å²) in [7, 11) is 1.62. The summed E-state index contributed by atoms with van der Waals surface area (Å²) < 4.78 is 5.24. The van der Waals surface area contributed by atoms with Crippen LogP contribution in [0.1, 0.15) is 40.7 Å². The molecule has 2 heterocycles. The molecule has 0 aromatic heterocycles. The lowest BCUT2D eigenvalue weighted by Gasteiger charge is -2.32. The Balaban J connectivity index is 1.13. The van der Waals surface area contributed by atoms with Crippen LogP contribution in [0, 0.1) is 0 Å². The molecule has 2 aliphatic rings. The highest BCUT2D eigenvalue weighted by atomic mass is 16.5. The Bertz CT molecular complexity index is 1150. The number of fused-ring (bicyclic) bond motifs is 1. The van der Waals surface area contributed by atoms with Gasteiger partial charge in [0.2, 0.25) is 0 Å². The van der Waals surface area contributed by atoms with Gasteiger partial charge >= 0.3 is 0 Å². The smallest absolute Gasteiger partial charge is 0.251 e. The number of likely N-dealkylation sites (tertiary alicyclic amines) is 1. The molecule has 0 bridgehead atoms. The molecule has 35 heavy (non-hydrogen) atoms. The van der Waals surface area contributed by atoms with Gasteiger partial charge in [0.15, 0.2) is 0 Å². The quantitative estimate of drug-likeness (QED) is 0.467. The van der Waals surface area contributed by atoms with E-state index in [-0.39, 0.29) is 11.9 Å². The Morgan fingerprint density at radius 3 is 2.54 bits per heavy atom. The molecular formula is C29H36N4O2. The SMILES string of the molecule is COc1cccc(C(=O)NC2CCN(Cc3ccc4ccc(CNC5CCNC5)cc4c3)CC2)c1. The normalized spacial score (nSPS) is 19.2. The van der Waals surface area contributed by atoms with Crippen LogP contribution >= 0.6 is 0 Å². The number of carbonyl (C=O) groups excluding carboxylic acids is 1. The van der Waals surface area contributed by atoms with Gasteiger partial charge < -0.3 is 20.7 Å². The number of hydrogen-bond donors (Lipinski definition) is 3. The van der Waals surface area contributed by atoms with Crippen molar-refractivity contribution in [1.29, 1.82) is 0 Å². The molecule has 3 N–H and O–H groups in total. The molecular weight excluding hydrogens is 436 g/mol.